The highest BCUT2D eigenvalue weighted by Gasteiger charge is 2.25. The minimum absolute atomic E-state index is 0.130. The average Bonchev–Trinajstić information content (AvgIpc) is 3.03. The second kappa shape index (κ2) is 7.74. The third-order valence-corrected chi connectivity index (χ3v) is 4.29. The van der Waals surface area contributed by atoms with Crippen molar-refractivity contribution in [2.45, 2.75) is 19.5 Å². The maximum absolute atomic E-state index is 13.6. The maximum atomic E-state index is 13.6. The molecule has 0 amide bonds. The lowest BCUT2D eigenvalue weighted by molar-refractivity contribution is 0.0953. The number of aromatic nitrogens is 3. The first kappa shape index (κ1) is 18.2. The van der Waals surface area contributed by atoms with E-state index < -0.39 is 23.5 Å². The fourth-order valence-electron chi connectivity index (χ4n) is 2.59. The first-order valence-electron chi connectivity index (χ1n) is 7.72. The van der Waals surface area contributed by atoms with Crippen molar-refractivity contribution in [1.82, 2.24) is 14.3 Å². The molecule has 3 rings (SSSR count). The van der Waals surface area contributed by atoms with Gasteiger partial charge in [-0.05, 0) is 27.6 Å². The van der Waals surface area contributed by atoms with Gasteiger partial charge in [-0.15, -0.1) is 0 Å². The zero-order valence-electron chi connectivity index (χ0n) is 13.5. The predicted octanol–water partition coefficient (Wildman–Crippen LogP) is 3.68. The van der Waals surface area contributed by atoms with Gasteiger partial charge in [-0.1, -0.05) is 30.3 Å². The van der Waals surface area contributed by atoms with Gasteiger partial charge in [0.05, 0.1) is 24.8 Å². The number of alkyl halides is 2. The minimum Gasteiger partial charge on any atom is -0.307 e. The second-order valence-corrected chi connectivity index (χ2v) is 6.54. The molecule has 8 heteroatoms. The smallest absolute Gasteiger partial charge is 0.280 e. The SMILES string of the molecule is O=C(Cn1cc(Br)ccc1=O)c1cnn(Cc2ccccc2)c1C(F)F. The Morgan fingerprint density at radius 1 is 1.15 bits per heavy atom. The molecule has 0 unspecified atom stereocenters. The van der Waals surface area contributed by atoms with Crippen molar-refractivity contribution >= 4 is 21.7 Å². The van der Waals surface area contributed by atoms with E-state index in [1.165, 1.54) is 12.3 Å². The topological polar surface area (TPSA) is 56.9 Å². The molecule has 0 saturated carbocycles. The lowest BCUT2D eigenvalue weighted by atomic mass is 10.1. The zero-order chi connectivity index (χ0) is 18.7. The predicted molar refractivity (Wildman–Crippen MR) is 95.5 cm³/mol. The summed E-state index contributed by atoms with van der Waals surface area (Å²) in [6.45, 7) is -0.209. The van der Waals surface area contributed by atoms with Gasteiger partial charge in [-0.3, -0.25) is 14.3 Å². The van der Waals surface area contributed by atoms with Crippen LogP contribution in [0, 0.1) is 0 Å². The zero-order valence-corrected chi connectivity index (χ0v) is 15.1. The monoisotopic (exact) mass is 421 g/mol. The summed E-state index contributed by atoms with van der Waals surface area (Å²) in [4.78, 5) is 24.3. The molecule has 0 fully saturated rings. The summed E-state index contributed by atoms with van der Waals surface area (Å²) in [5, 5.41) is 3.95. The number of halogens is 3. The van der Waals surface area contributed by atoms with Crippen LogP contribution in [-0.4, -0.2) is 20.1 Å². The molecule has 0 radical (unpaired) electrons. The lowest BCUT2D eigenvalue weighted by Gasteiger charge is -2.09. The number of pyridine rings is 1. The molecule has 0 aliphatic rings. The number of nitrogens with zero attached hydrogens (tertiary/aromatic N) is 3. The van der Waals surface area contributed by atoms with Crippen molar-refractivity contribution in [2.24, 2.45) is 0 Å². The van der Waals surface area contributed by atoms with Gasteiger partial charge in [-0.25, -0.2) is 8.78 Å². The van der Waals surface area contributed by atoms with Gasteiger partial charge in [-0.2, -0.15) is 5.10 Å². The van der Waals surface area contributed by atoms with Gasteiger partial charge >= 0.3 is 0 Å². The van der Waals surface area contributed by atoms with E-state index >= 15 is 0 Å². The van der Waals surface area contributed by atoms with E-state index in [-0.39, 0.29) is 18.7 Å². The van der Waals surface area contributed by atoms with Gasteiger partial charge in [0.25, 0.3) is 12.0 Å². The summed E-state index contributed by atoms with van der Waals surface area (Å²) in [5.74, 6) is -0.597. The van der Waals surface area contributed by atoms with Crippen LogP contribution in [0.4, 0.5) is 8.78 Å². The molecule has 0 saturated heterocycles. The van der Waals surface area contributed by atoms with Crippen molar-refractivity contribution in [2.75, 3.05) is 0 Å². The van der Waals surface area contributed by atoms with E-state index in [0.29, 0.717) is 4.47 Å². The van der Waals surface area contributed by atoms with Crippen LogP contribution >= 0.6 is 15.9 Å². The number of hydrogen-bond acceptors (Lipinski definition) is 3. The summed E-state index contributed by atoms with van der Waals surface area (Å²) in [7, 11) is 0. The van der Waals surface area contributed by atoms with Crippen LogP contribution in [0.25, 0.3) is 0 Å². The lowest BCUT2D eigenvalue weighted by Crippen LogP contribution is -2.23. The van der Waals surface area contributed by atoms with Crippen molar-refractivity contribution in [1.29, 1.82) is 0 Å². The number of carbonyl (C=O) groups excluding carboxylic acids is 1. The molecular formula is C18H14BrF2N3O2. The Bertz CT molecular complexity index is 984. The highest BCUT2D eigenvalue weighted by Crippen LogP contribution is 2.24. The van der Waals surface area contributed by atoms with E-state index in [1.807, 2.05) is 6.07 Å². The molecule has 2 heterocycles. The van der Waals surface area contributed by atoms with E-state index in [2.05, 4.69) is 21.0 Å². The molecule has 0 atom stereocenters. The van der Waals surface area contributed by atoms with Gasteiger partial charge in [0.2, 0.25) is 0 Å². The number of ketones is 1. The van der Waals surface area contributed by atoms with Gasteiger partial charge in [0, 0.05) is 16.7 Å². The fourth-order valence-corrected chi connectivity index (χ4v) is 2.97. The first-order chi connectivity index (χ1) is 12.5. The van der Waals surface area contributed by atoms with E-state index in [4.69, 9.17) is 0 Å². The Hall–Kier alpha value is -2.61. The van der Waals surface area contributed by atoms with Crippen LogP contribution in [-0.2, 0) is 13.1 Å². The molecule has 5 nitrogen and oxygen atoms in total. The number of hydrogen-bond donors (Lipinski definition) is 0. The first-order valence-corrected chi connectivity index (χ1v) is 8.52. The average molecular weight is 422 g/mol. The fraction of sp³-hybridized carbons (Fsp3) is 0.167. The van der Waals surface area contributed by atoms with Crippen LogP contribution in [0.15, 0.2) is 64.1 Å². The number of Topliss-reactive ketones (excluding diaryl/α,β-unsaturated/α-hetero) is 1. The van der Waals surface area contributed by atoms with Crippen molar-refractivity contribution in [3.05, 3.63) is 86.5 Å². The van der Waals surface area contributed by atoms with Crippen molar-refractivity contribution < 1.29 is 13.6 Å². The largest absolute Gasteiger partial charge is 0.307 e. The van der Waals surface area contributed by atoms with Gasteiger partial charge in [0.15, 0.2) is 5.78 Å². The summed E-state index contributed by atoms with van der Waals surface area (Å²) in [6.07, 6.45) is -0.286. The molecule has 26 heavy (non-hydrogen) atoms. The van der Waals surface area contributed by atoms with Crippen molar-refractivity contribution in [3.8, 4) is 0 Å². The third kappa shape index (κ3) is 3.96. The summed E-state index contributed by atoms with van der Waals surface area (Å²) >= 11 is 3.21. The standard InChI is InChI=1S/C18H14BrF2N3O2/c19-13-6-7-16(26)23(10-13)11-15(25)14-8-22-24(17(14)18(20)21)9-12-4-2-1-3-5-12/h1-8,10,18H,9,11H2. The molecule has 134 valence electrons. The van der Waals surface area contributed by atoms with Crippen LogP contribution in [0.5, 0.6) is 0 Å². The molecule has 0 N–H and O–H groups in total. The maximum Gasteiger partial charge on any atom is 0.280 e. The quantitative estimate of drug-likeness (QED) is 0.570. The van der Waals surface area contributed by atoms with Crippen LogP contribution < -0.4 is 5.56 Å². The summed E-state index contributed by atoms with van der Waals surface area (Å²) < 4.78 is 30.0. The minimum atomic E-state index is -2.86. The normalized spacial score (nSPS) is 11.1. The van der Waals surface area contributed by atoms with Gasteiger partial charge < -0.3 is 4.57 Å². The summed E-state index contributed by atoms with van der Waals surface area (Å²) in [6, 6.07) is 11.8. The highest BCUT2D eigenvalue weighted by atomic mass is 79.9. The Morgan fingerprint density at radius 2 is 1.88 bits per heavy atom. The Kier molecular flexibility index (Phi) is 5.41. The molecule has 1 aromatic carbocycles. The van der Waals surface area contributed by atoms with E-state index in [1.54, 1.807) is 30.3 Å². The molecule has 0 bridgehead atoms. The number of carbonyl (C=O) groups is 1. The molecule has 2 aromatic heterocycles. The Balaban J connectivity index is 1.91. The van der Waals surface area contributed by atoms with E-state index in [0.717, 1.165) is 21.0 Å². The molecule has 0 aliphatic heterocycles. The number of rotatable bonds is 6. The van der Waals surface area contributed by atoms with E-state index in [9.17, 15) is 18.4 Å². The molecule has 0 spiro atoms. The van der Waals surface area contributed by atoms with Crippen molar-refractivity contribution in [3.63, 3.8) is 0 Å². The van der Waals surface area contributed by atoms with Gasteiger partial charge in [0.1, 0.15) is 5.69 Å². The second-order valence-electron chi connectivity index (χ2n) is 5.62. The molecular weight excluding hydrogens is 408 g/mol. The van der Waals surface area contributed by atoms with Crippen LogP contribution in [0.1, 0.15) is 28.0 Å². The van der Waals surface area contributed by atoms with Crippen LogP contribution in [0.2, 0.25) is 0 Å². The molecule has 3 aromatic rings. The number of benzene rings is 1. The Morgan fingerprint density at radius 3 is 2.58 bits per heavy atom. The highest BCUT2D eigenvalue weighted by molar-refractivity contribution is 9.10. The third-order valence-electron chi connectivity index (χ3n) is 3.82. The Labute approximate surface area is 156 Å². The summed E-state index contributed by atoms with van der Waals surface area (Å²) in [5.41, 5.74) is -0.221. The van der Waals surface area contributed by atoms with Crippen LogP contribution in [0.3, 0.4) is 0 Å². The molecule has 0 aliphatic carbocycles.